The molecule has 0 radical (unpaired) electrons. The minimum absolute atomic E-state index is 0.0395. The lowest BCUT2D eigenvalue weighted by Gasteiger charge is -2.16. The van der Waals surface area contributed by atoms with Crippen LogP contribution in [-0.4, -0.2) is 6.54 Å². The van der Waals surface area contributed by atoms with Gasteiger partial charge in [0.15, 0.2) is 0 Å². The van der Waals surface area contributed by atoms with Gasteiger partial charge in [-0.1, -0.05) is 0 Å². The molecule has 2 rings (SSSR count). The molecule has 1 heterocycles. The van der Waals surface area contributed by atoms with Crippen LogP contribution in [0.3, 0.4) is 0 Å². The van der Waals surface area contributed by atoms with Gasteiger partial charge in [-0.15, -0.1) is 0 Å². The molecule has 1 aliphatic heterocycles. The van der Waals surface area contributed by atoms with E-state index in [-0.39, 0.29) is 6.04 Å². The second-order valence-corrected chi connectivity index (χ2v) is 3.99. The first-order valence-electron chi connectivity index (χ1n) is 5.18. The molecule has 1 aromatic carbocycles. The zero-order valence-corrected chi connectivity index (χ0v) is 8.64. The first-order valence-corrected chi connectivity index (χ1v) is 5.18. The summed E-state index contributed by atoms with van der Waals surface area (Å²) in [6.07, 6.45) is -2.49. The van der Waals surface area contributed by atoms with Crippen LogP contribution >= 0.6 is 0 Å². The van der Waals surface area contributed by atoms with Gasteiger partial charge in [0, 0.05) is 11.7 Å². The Balaban J connectivity index is 2.36. The lowest BCUT2D eigenvalue weighted by Crippen LogP contribution is -2.16. The molecular weight excluding hydrogens is 217 g/mol. The number of hydrogen-bond acceptors (Lipinski definition) is 2. The van der Waals surface area contributed by atoms with Crippen molar-refractivity contribution in [2.24, 2.45) is 0 Å². The third-order valence-electron chi connectivity index (χ3n) is 2.85. The Morgan fingerprint density at radius 3 is 2.62 bits per heavy atom. The van der Waals surface area contributed by atoms with Crippen LogP contribution < -0.4 is 11.1 Å². The summed E-state index contributed by atoms with van der Waals surface area (Å²) >= 11 is 0. The lowest BCUT2D eigenvalue weighted by atomic mass is 10.0. The van der Waals surface area contributed by atoms with Crippen molar-refractivity contribution in [3.05, 3.63) is 29.3 Å². The Morgan fingerprint density at radius 1 is 1.31 bits per heavy atom. The standard InChI is InChI=1S/C11H13F3N2/c12-11(13,14)7-3-4-9(15)8(6-7)10-2-1-5-16-10/h3-4,6,10,16H,1-2,5,15H2/t10-/m1/s1. The Morgan fingerprint density at radius 2 is 2.06 bits per heavy atom. The van der Waals surface area contributed by atoms with Gasteiger partial charge in [0.05, 0.1) is 5.56 Å². The molecule has 1 fully saturated rings. The first kappa shape index (κ1) is 11.3. The highest BCUT2D eigenvalue weighted by Crippen LogP contribution is 2.34. The fraction of sp³-hybridized carbons (Fsp3) is 0.455. The fourth-order valence-electron chi connectivity index (χ4n) is 2.00. The summed E-state index contributed by atoms with van der Waals surface area (Å²) in [5.74, 6) is 0. The van der Waals surface area contributed by atoms with Crippen molar-refractivity contribution in [1.82, 2.24) is 5.32 Å². The number of anilines is 1. The molecule has 0 spiro atoms. The number of rotatable bonds is 1. The largest absolute Gasteiger partial charge is 0.416 e. The van der Waals surface area contributed by atoms with Gasteiger partial charge in [-0.25, -0.2) is 0 Å². The van der Waals surface area contributed by atoms with Gasteiger partial charge in [-0.05, 0) is 43.1 Å². The maximum atomic E-state index is 12.5. The van der Waals surface area contributed by atoms with E-state index in [4.69, 9.17) is 5.73 Å². The van der Waals surface area contributed by atoms with E-state index >= 15 is 0 Å². The van der Waals surface area contributed by atoms with Crippen LogP contribution in [0, 0.1) is 0 Å². The number of nitrogens with two attached hydrogens (primary N) is 1. The Hall–Kier alpha value is -1.23. The van der Waals surface area contributed by atoms with Gasteiger partial charge in [0.25, 0.3) is 0 Å². The predicted molar refractivity (Wildman–Crippen MR) is 55.8 cm³/mol. The van der Waals surface area contributed by atoms with E-state index in [0.29, 0.717) is 11.3 Å². The van der Waals surface area contributed by atoms with Crippen LogP contribution in [0.15, 0.2) is 18.2 Å². The van der Waals surface area contributed by atoms with Gasteiger partial charge in [0.1, 0.15) is 0 Å². The average molecular weight is 230 g/mol. The van der Waals surface area contributed by atoms with Crippen LogP contribution in [0.5, 0.6) is 0 Å². The van der Waals surface area contributed by atoms with Gasteiger partial charge < -0.3 is 11.1 Å². The SMILES string of the molecule is Nc1ccc(C(F)(F)F)cc1[C@H]1CCCN1. The normalized spacial score (nSPS) is 21.3. The first-order chi connectivity index (χ1) is 7.48. The van der Waals surface area contributed by atoms with E-state index in [0.717, 1.165) is 31.5 Å². The molecule has 1 aliphatic rings. The van der Waals surface area contributed by atoms with E-state index < -0.39 is 11.7 Å². The van der Waals surface area contributed by atoms with E-state index in [1.165, 1.54) is 6.07 Å². The van der Waals surface area contributed by atoms with Crippen molar-refractivity contribution < 1.29 is 13.2 Å². The van der Waals surface area contributed by atoms with Crippen LogP contribution in [0.4, 0.5) is 18.9 Å². The van der Waals surface area contributed by atoms with Crippen LogP contribution in [0.2, 0.25) is 0 Å². The van der Waals surface area contributed by atoms with Crippen molar-refractivity contribution in [3.8, 4) is 0 Å². The van der Waals surface area contributed by atoms with Gasteiger partial charge in [-0.2, -0.15) is 13.2 Å². The predicted octanol–water partition coefficient (Wildman–Crippen LogP) is 2.71. The van der Waals surface area contributed by atoms with Crippen LogP contribution in [-0.2, 0) is 6.18 Å². The summed E-state index contributed by atoms with van der Waals surface area (Å²) in [6.45, 7) is 0.834. The van der Waals surface area contributed by atoms with Gasteiger partial charge in [-0.3, -0.25) is 0 Å². The molecule has 1 saturated heterocycles. The van der Waals surface area contributed by atoms with E-state index in [2.05, 4.69) is 5.32 Å². The quantitative estimate of drug-likeness (QED) is 0.728. The zero-order chi connectivity index (χ0) is 11.8. The average Bonchev–Trinajstić information content (AvgIpc) is 2.69. The van der Waals surface area contributed by atoms with Crippen LogP contribution in [0.25, 0.3) is 0 Å². The second kappa shape index (κ2) is 3.97. The molecule has 1 atom stereocenters. The molecule has 0 aliphatic carbocycles. The fourth-order valence-corrected chi connectivity index (χ4v) is 2.00. The second-order valence-electron chi connectivity index (χ2n) is 3.99. The Labute approximate surface area is 91.6 Å². The Bertz CT molecular complexity index is 381. The minimum atomic E-state index is -4.30. The highest BCUT2D eigenvalue weighted by Gasteiger charge is 2.32. The molecule has 1 aromatic rings. The van der Waals surface area contributed by atoms with Gasteiger partial charge >= 0.3 is 6.18 Å². The zero-order valence-electron chi connectivity index (χ0n) is 8.64. The summed E-state index contributed by atoms with van der Waals surface area (Å²) < 4.78 is 37.6. The van der Waals surface area contributed by atoms with Crippen molar-refractivity contribution in [2.75, 3.05) is 12.3 Å². The number of alkyl halides is 3. The Kier molecular flexibility index (Phi) is 2.80. The van der Waals surface area contributed by atoms with Crippen LogP contribution in [0.1, 0.15) is 30.0 Å². The highest BCUT2D eigenvalue weighted by molar-refractivity contribution is 5.51. The van der Waals surface area contributed by atoms with Crippen molar-refractivity contribution >= 4 is 5.69 Å². The molecule has 5 heteroatoms. The molecule has 0 saturated carbocycles. The van der Waals surface area contributed by atoms with E-state index in [1.807, 2.05) is 0 Å². The third kappa shape index (κ3) is 2.14. The maximum absolute atomic E-state index is 12.5. The summed E-state index contributed by atoms with van der Waals surface area (Å²) in [7, 11) is 0. The molecule has 0 amide bonds. The summed E-state index contributed by atoms with van der Waals surface area (Å²) in [5.41, 5.74) is 6.06. The number of nitrogens with one attached hydrogen (secondary N) is 1. The summed E-state index contributed by atoms with van der Waals surface area (Å²) in [5, 5.41) is 3.15. The summed E-state index contributed by atoms with van der Waals surface area (Å²) in [4.78, 5) is 0. The highest BCUT2D eigenvalue weighted by atomic mass is 19.4. The molecule has 3 N–H and O–H groups in total. The monoisotopic (exact) mass is 230 g/mol. The number of benzene rings is 1. The molecule has 0 unspecified atom stereocenters. The van der Waals surface area contributed by atoms with Crippen molar-refractivity contribution in [1.29, 1.82) is 0 Å². The smallest absolute Gasteiger partial charge is 0.398 e. The third-order valence-corrected chi connectivity index (χ3v) is 2.85. The molecule has 16 heavy (non-hydrogen) atoms. The minimum Gasteiger partial charge on any atom is -0.398 e. The lowest BCUT2D eigenvalue weighted by molar-refractivity contribution is -0.137. The molecule has 88 valence electrons. The van der Waals surface area contributed by atoms with E-state index in [1.54, 1.807) is 0 Å². The summed E-state index contributed by atoms with van der Waals surface area (Å²) in [6, 6.07) is 3.46. The molecular formula is C11H13F3N2. The maximum Gasteiger partial charge on any atom is 0.416 e. The molecule has 2 nitrogen and oxygen atoms in total. The topological polar surface area (TPSA) is 38.0 Å². The van der Waals surface area contributed by atoms with Gasteiger partial charge in [0.2, 0.25) is 0 Å². The molecule has 0 aromatic heterocycles. The van der Waals surface area contributed by atoms with Crippen molar-refractivity contribution in [2.45, 2.75) is 25.1 Å². The number of halogens is 3. The van der Waals surface area contributed by atoms with E-state index in [9.17, 15) is 13.2 Å². The number of nitrogen functional groups attached to an aromatic ring is 1. The van der Waals surface area contributed by atoms with Crippen molar-refractivity contribution in [3.63, 3.8) is 0 Å². The molecule has 0 bridgehead atoms. The number of hydrogen-bond donors (Lipinski definition) is 2.